The van der Waals surface area contributed by atoms with Crippen molar-refractivity contribution in [1.82, 2.24) is 9.88 Å². The number of aliphatic hydroxyl groups excluding tert-OH is 4. The number of hydrogen-bond acceptors (Lipinski definition) is 10. The highest BCUT2D eigenvalue weighted by Gasteiger charge is 2.38. The second-order valence-corrected chi connectivity index (χ2v) is 10.3. The molecule has 9 nitrogen and oxygen atoms in total. The molecule has 6 rings (SSSR count). The number of ether oxygens (including phenoxy) is 3. The molecule has 1 aromatic heterocycles. The lowest BCUT2D eigenvalue weighted by Gasteiger charge is -2.30. The van der Waals surface area contributed by atoms with Gasteiger partial charge < -0.3 is 39.5 Å². The molecular formula is C29H36N2O7S. The summed E-state index contributed by atoms with van der Waals surface area (Å²) in [6.07, 6.45) is 1.87. The fourth-order valence-corrected chi connectivity index (χ4v) is 5.78. The van der Waals surface area contributed by atoms with E-state index in [2.05, 4.69) is 11.6 Å². The Bertz CT molecular complexity index is 1310. The lowest BCUT2D eigenvalue weighted by Crippen LogP contribution is -2.31. The summed E-state index contributed by atoms with van der Waals surface area (Å²) < 4.78 is 16.8. The maximum atomic E-state index is 9.87. The Labute approximate surface area is 232 Å². The first-order chi connectivity index (χ1) is 18.4. The molecule has 0 radical (unpaired) electrons. The minimum Gasteiger partial charge on any atom is -0.496 e. The van der Waals surface area contributed by atoms with Crippen molar-refractivity contribution in [2.24, 2.45) is 0 Å². The van der Waals surface area contributed by atoms with Crippen LogP contribution in [-0.2, 0) is 9.47 Å². The predicted octanol–water partition coefficient (Wildman–Crippen LogP) is 3.54. The topological polar surface area (TPSA) is 125 Å². The number of aromatic nitrogens is 1. The van der Waals surface area contributed by atoms with Crippen molar-refractivity contribution in [3.05, 3.63) is 70.8 Å². The third-order valence-electron chi connectivity index (χ3n) is 7.10. The Balaban J connectivity index is 0.000000177. The van der Waals surface area contributed by atoms with E-state index in [-0.39, 0.29) is 33.0 Å². The van der Waals surface area contributed by atoms with Gasteiger partial charge in [-0.3, -0.25) is 0 Å². The van der Waals surface area contributed by atoms with Crippen LogP contribution in [0.25, 0.3) is 22.5 Å². The highest BCUT2D eigenvalue weighted by molar-refractivity contribution is 7.11. The van der Waals surface area contributed by atoms with Crippen LogP contribution in [0.4, 0.5) is 0 Å². The van der Waals surface area contributed by atoms with Gasteiger partial charge >= 0.3 is 0 Å². The maximum Gasteiger partial charge on any atom is 0.137 e. The Hall–Kier alpha value is -2.83. The van der Waals surface area contributed by atoms with Gasteiger partial charge in [-0.1, -0.05) is 38.3 Å². The van der Waals surface area contributed by atoms with Gasteiger partial charge in [0.1, 0.15) is 24.2 Å². The van der Waals surface area contributed by atoms with Crippen LogP contribution in [0.3, 0.4) is 0 Å². The molecule has 3 aliphatic heterocycles. The smallest absolute Gasteiger partial charge is 0.137 e. The second-order valence-electron chi connectivity index (χ2n) is 9.44. The number of aliphatic hydroxyl groups is 4. The number of rotatable bonds is 5. The van der Waals surface area contributed by atoms with E-state index in [0.29, 0.717) is 12.8 Å². The Kier molecular flexibility index (Phi) is 9.39. The molecule has 2 saturated heterocycles. The van der Waals surface area contributed by atoms with Crippen LogP contribution >= 0.6 is 11.3 Å². The molecule has 0 bridgehead atoms. The number of fused-ring (bicyclic) bond motifs is 2. The van der Waals surface area contributed by atoms with Crippen molar-refractivity contribution in [2.75, 3.05) is 20.3 Å². The summed E-state index contributed by atoms with van der Waals surface area (Å²) in [5.41, 5.74) is 4.44. The average Bonchev–Trinajstić information content (AvgIpc) is 3.66. The van der Waals surface area contributed by atoms with Gasteiger partial charge in [-0.25, -0.2) is 4.98 Å². The maximum absolute atomic E-state index is 9.87. The van der Waals surface area contributed by atoms with Gasteiger partial charge in [0.25, 0.3) is 0 Å². The summed E-state index contributed by atoms with van der Waals surface area (Å²) in [5, 5.41) is 40.1. The Morgan fingerprint density at radius 2 is 1.72 bits per heavy atom. The first kappa shape index (κ1) is 29.2. The minimum absolute atomic E-state index is 0. The summed E-state index contributed by atoms with van der Waals surface area (Å²) in [5.74, 6) is 0.750. The molecule has 2 fully saturated rings. The van der Waals surface area contributed by atoms with E-state index in [1.165, 1.54) is 11.3 Å². The lowest BCUT2D eigenvalue weighted by atomic mass is 9.99. The lowest BCUT2D eigenvalue weighted by molar-refractivity contribution is -0.0505. The van der Waals surface area contributed by atoms with E-state index in [9.17, 15) is 15.3 Å². The summed E-state index contributed by atoms with van der Waals surface area (Å²) in [6, 6.07) is 12.0. The third kappa shape index (κ3) is 5.87. The van der Waals surface area contributed by atoms with Crippen LogP contribution in [0.2, 0.25) is 0 Å². The number of hydrogen-bond donors (Lipinski definition) is 4. The zero-order valence-electron chi connectivity index (χ0n) is 21.0. The largest absolute Gasteiger partial charge is 0.496 e. The molecule has 6 atom stereocenters. The molecule has 0 saturated carbocycles. The molecule has 2 aromatic carbocycles. The fourth-order valence-electron chi connectivity index (χ4n) is 5.03. The molecular weight excluding hydrogens is 520 g/mol. The molecule has 210 valence electrons. The predicted molar refractivity (Wildman–Crippen MR) is 151 cm³/mol. The zero-order chi connectivity index (χ0) is 26.8. The van der Waals surface area contributed by atoms with Crippen molar-refractivity contribution in [3.63, 3.8) is 0 Å². The van der Waals surface area contributed by atoms with E-state index in [0.717, 1.165) is 38.4 Å². The van der Waals surface area contributed by atoms with Crippen molar-refractivity contribution >= 4 is 33.9 Å². The molecule has 3 aromatic rings. The summed E-state index contributed by atoms with van der Waals surface area (Å²) in [4.78, 5) is 7.13. The van der Waals surface area contributed by atoms with Crippen molar-refractivity contribution in [1.29, 1.82) is 0 Å². The van der Waals surface area contributed by atoms with Crippen LogP contribution < -0.4 is 4.74 Å². The molecule has 0 amide bonds. The van der Waals surface area contributed by atoms with Gasteiger partial charge in [0, 0.05) is 24.6 Å². The van der Waals surface area contributed by atoms with Gasteiger partial charge in [-0.2, -0.15) is 0 Å². The first-order valence-electron chi connectivity index (χ1n) is 12.5. The van der Waals surface area contributed by atoms with Crippen LogP contribution in [0.1, 0.15) is 42.5 Å². The highest BCUT2D eigenvalue weighted by atomic mass is 32.1. The molecule has 39 heavy (non-hydrogen) atoms. The molecule has 10 heteroatoms. The molecule has 0 aliphatic carbocycles. The van der Waals surface area contributed by atoms with Gasteiger partial charge in [-0.05, 0) is 29.0 Å². The monoisotopic (exact) mass is 556 g/mol. The van der Waals surface area contributed by atoms with Gasteiger partial charge in [-0.15, -0.1) is 11.3 Å². The van der Waals surface area contributed by atoms with Crippen LogP contribution in [0.5, 0.6) is 5.75 Å². The number of methoxy groups -OCH3 is 1. The van der Waals surface area contributed by atoms with E-state index >= 15 is 0 Å². The normalized spacial score (nSPS) is 27.6. The van der Waals surface area contributed by atoms with Gasteiger partial charge in [0.2, 0.25) is 0 Å². The second kappa shape index (κ2) is 12.6. The highest BCUT2D eigenvalue weighted by Crippen LogP contribution is 2.40. The van der Waals surface area contributed by atoms with Crippen LogP contribution in [0, 0.1) is 0 Å². The van der Waals surface area contributed by atoms with Gasteiger partial charge in [0.05, 0.1) is 60.4 Å². The average molecular weight is 557 g/mol. The fraction of sp³-hybridized carbons (Fsp3) is 0.414. The van der Waals surface area contributed by atoms with E-state index in [1.807, 2.05) is 53.6 Å². The van der Waals surface area contributed by atoms with Crippen molar-refractivity contribution in [2.45, 2.75) is 57.0 Å². The van der Waals surface area contributed by atoms with Crippen molar-refractivity contribution in [3.8, 4) is 5.75 Å². The number of thiazole rings is 1. The van der Waals surface area contributed by atoms with Crippen LogP contribution in [0.15, 0.2) is 54.7 Å². The third-order valence-corrected chi connectivity index (χ3v) is 8.00. The molecule has 2 unspecified atom stereocenters. The molecule has 4 heterocycles. The summed E-state index contributed by atoms with van der Waals surface area (Å²) >= 11 is 1.53. The molecule has 4 N–H and O–H groups in total. The quantitative estimate of drug-likeness (QED) is 0.374. The van der Waals surface area contributed by atoms with E-state index < -0.39 is 24.4 Å². The van der Waals surface area contributed by atoms with Crippen LogP contribution in [-0.4, -0.2) is 81.3 Å². The number of benzene rings is 2. The molecule has 3 aliphatic rings. The van der Waals surface area contributed by atoms with E-state index in [1.54, 1.807) is 12.6 Å². The summed E-state index contributed by atoms with van der Waals surface area (Å²) in [7, 11) is 1.63. The Morgan fingerprint density at radius 3 is 2.36 bits per heavy atom. The number of nitrogens with zero attached hydrogens (tertiary/aromatic N) is 2. The zero-order valence-corrected chi connectivity index (χ0v) is 21.8. The van der Waals surface area contributed by atoms with Gasteiger partial charge in [0.15, 0.2) is 0 Å². The standard InChI is InChI=1S/C16H18O4.C12H14N2O3S.CH4/c1-19-14-7-11-5-3-2-4-10(11)6-12(14)15-8-13(18)16(9-17)20-15;1-7-12-8(13-6-18-12)2-3-14(7)11-4-9(16)10(5-15)17-11;/h2-7,13,15-18H,8-9H2,1H3;2-3,6,9-11,15-16H,1,4-5H2;1H4/t13?,15-,16-;9?,10-,11-;/m11./s1. The first-order valence-corrected chi connectivity index (χ1v) is 13.4. The summed E-state index contributed by atoms with van der Waals surface area (Å²) in [6.45, 7) is 3.70. The Morgan fingerprint density at radius 1 is 1.05 bits per heavy atom. The van der Waals surface area contributed by atoms with E-state index in [4.69, 9.17) is 19.3 Å². The SMILES string of the molecule is C.C=C1c2scnc2C=CN1[C@H]1CC(O)[C@@H](CO)O1.COc1cc2ccccc2cc1[C@H]1CC(O)[C@@H](CO)O1. The molecule has 0 spiro atoms. The van der Waals surface area contributed by atoms with Crippen molar-refractivity contribution < 1.29 is 34.6 Å². The minimum atomic E-state index is -0.638.